The van der Waals surface area contributed by atoms with Crippen LogP contribution in [0.2, 0.25) is 0 Å². The third-order valence-electron chi connectivity index (χ3n) is 2.99. The van der Waals surface area contributed by atoms with Gasteiger partial charge in [0.2, 0.25) is 0 Å². The molecule has 2 nitrogen and oxygen atoms in total. The smallest absolute Gasteiger partial charge is 0.161 e. The van der Waals surface area contributed by atoms with Crippen LogP contribution in [0.15, 0.2) is 30.3 Å². The number of aryl methyl sites for hydroxylation is 1. The van der Waals surface area contributed by atoms with Crippen LogP contribution in [0, 0.1) is 24.4 Å². The largest absolute Gasteiger partial charge is 0.497 e. The Morgan fingerprint density at radius 1 is 1.00 bits per heavy atom. The molecule has 0 saturated heterocycles. The van der Waals surface area contributed by atoms with Crippen LogP contribution < -0.4 is 10.1 Å². The standard InChI is InChI=1S/C15H14F3NO/c1-9-5-11(20-2)3-4-15(9)19-8-10-6-13(17)14(18)7-12(10)16/h3-7,19H,8H2,1-2H3. The number of halogens is 3. The maximum Gasteiger partial charge on any atom is 0.161 e. The van der Waals surface area contributed by atoms with Crippen LogP contribution in [0.3, 0.4) is 0 Å². The van der Waals surface area contributed by atoms with Crippen molar-refractivity contribution in [2.24, 2.45) is 0 Å². The molecule has 0 amide bonds. The van der Waals surface area contributed by atoms with E-state index in [1.54, 1.807) is 19.2 Å². The van der Waals surface area contributed by atoms with Gasteiger partial charge in [-0.2, -0.15) is 0 Å². The molecule has 0 atom stereocenters. The Bertz CT molecular complexity index is 629. The lowest BCUT2D eigenvalue weighted by molar-refractivity contribution is 0.414. The van der Waals surface area contributed by atoms with E-state index in [9.17, 15) is 13.2 Å². The van der Waals surface area contributed by atoms with Gasteiger partial charge in [0, 0.05) is 23.9 Å². The van der Waals surface area contributed by atoms with E-state index in [0.29, 0.717) is 11.8 Å². The van der Waals surface area contributed by atoms with E-state index in [2.05, 4.69) is 5.32 Å². The maximum absolute atomic E-state index is 13.5. The van der Waals surface area contributed by atoms with Crippen molar-refractivity contribution in [1.29, 1.82) is 0 Å². The fourth-order valence-electron chi connectivity index (χ4n) is 1.85. The van der Waals surface area contributed by atoms with Gasteiger partial charge in [0.15, 0.2) is 11.6 Å². The molecule has 0 bridgehead atoms. The molecule has 0 spiro atoms. The summed E-state index contributed by atoms with van der Waals surface area (Å²) >= 11 is 0. The van der Waals surface area contributed by atoms with Gasteiger partial charge in [-0.05, 0) is 36.8 Å². The van der Waals surface area contributed by atoms with E-state index in [1.165, 1.54) is 0 Å². The summed E-state index contributed by atoms with van der Waals surface area (Å²) in [4.78, 5) is 0. The summed E-state index contributed by atoms with van der Waals surface area (Å²) in [6.45, 7) is 1.93. The van der Waals surface area contributed by atoms with Crippen LogP contribution in [0.5, 0.6) is 5.75 Å². The molecule has 5 heteroatoms. The Balaban J connectivity index is 2.15. The van der Waals surface area contributed by atoms with Crippen LogP contribution in [-0.2, 0) is 6.54 Å². The first-order valence-corrected chi connectivity index (χ1v) is 6.03. The van der Waals surface area contributed by atoms with Crippen molar-refractivity contribution in [3.05, 3.63) is 58.9 Å². The van der Waals surface area contributed by atoms with E-state index < -0.39 is 17.5 Å². The van der Waals surface area contributed by atoms with Gasteiger partial charge < -0.3 is 10.1 Å². The predicted octanol–water partition coefficient (Wildman–Crippen LogP) is 4.03. The zero-order valence-corrected chi connectivity index (χ0v) is 11.1. The van der Waals surface area contributed by atoms with Crippen LogP contribution in [0.1, 0.15) is 11.1 Å². The van der Waals surface area contributed by atoms with Crippen molar-refractivity contribution < 1.29 is 17.9 Å². The molecule has 2 aromatic carbocycles. The summed E-state index contributed by atoms with van der Waals surface area (Å²) in [5.41, 5.74) is 1.75. The topological polar surface area (TPSA) is 21.3 Å². The zero-order chi connectivity index (χ0) is 14.7. The Labute approximate surface area is 115 Å². The highest BCUT2D eigenvalue weighted by atomic mass is 19.2. The SMILES string of the molecule is COc1ccc(NCc2cc(F)c(F)cc2F)c(C)c1. The first-order chi connectivity index (χ1) is 9.51. The normalized spacial score (nSPS) is 10.4. The third-order valence-corrected chi connectivity index (χ3v) is 2.99. The number of anilines is 1. The lowest BCUT2D eigenvalue weighted by Gasteiger charge is -2.11. The quantitative estimate of drug-likeness (QED) is 0.854. The minimum Gasteiger partial charge on any atom is -0.497 e. The number of rotatable bonds is 4. The molecule has 0 radical (unpaired) electrons. The van der Waals surface area contributed by atoms with E-state index in [1.807, 2.05) is 13.0 Å². The fourth-order valence-corrected chi connectivity index (χ4v) is 1.85. The van der Waals surface area contributed by atoms with E-state index in [0.717, 1.165) is 17.3 Å². The van der Waals surface area contributed by atoms with Gasteiger partial charge >= 0.3 is 0 Å². The maximum atomic E-state index is 13.5. The van der Waals surface area contributed by atoms with Crippen molar-refractivity contribution in [2.75, 3.05) is 12.4 Å². The molecule has 20 heavy (non-hydrogen) atoms. The second-order valence-electron chi connectivity index (χ2n) is 4.39. The molecule has 0 aromatic heterocycles. The number of nitrogens with one attached hydrogen (secondary N) is 1. The van der Waals surface area contributed by atoms with Gasteiger partial charge in [0.1, 0.15) is 11.6 Å². The van der Waals surface area contributed by atoms with Crippen LogP contribution >= 0.6 is 0 Å². The number of hydrogen-bond donors (Lipinski definition) is 1. The van der Waals surface area contributed by atoms with Gasteiger partial charge in [0.25, 0.3) is 0 Å². The number of ether oxygens (including phenoxy) is 1. The Kier molecular flexibility index (Phi) is 4.17. The molecule has 2 rings (SSSR count). The molecule has 0 heterocycles. The lowest BCUT2D eigenvalue weighted by atomic mass is 10.1. The van der Waals surface area contributed by atoms with Gasteiger partial charge in [-0.1, -0.05) is 0 Å². The molecule has 0 fully saturated rings. The number of hydrogen-bond acceptors (Lipinski definition) is 2. The average molecular weight is 281 g/mol. The number of benzene rings is 2. The highest BCUT2D eigenvalue weighted by Gasteiger charge is 2.10. The van der Waals surface area contributed by atoms with Gasteiger partial charge in [-0.3, -0.25) is 0 Å². The highest BCUT2D eigenvalue weighted by molar-refractivity contribution is 5.53. The Morgan fingerprint density at radius 2 is 1.70 bits per heavy atom. The van der Waals surface area contributed by atoms with Crippen molar-refractivity contribution in [3.8, 4) is 5.75 Å². The highest BCUT2D eigenvalue weighted by Crippen LogP contribution is 2.22. The van der Waals surface area contributed by atoms with E-state index >= 15 is 0 Å². The zero-order valence-electron chi connectivity index (χ0n) is 11.1. The summed E-state index contributed by atoms with van der Waals surface area (Å²) in [5, 5.41) is 2.98. The second kappa shape index (κ2) is 5.86. The van der Waals surface area contributed by atoms with Gasteiger partial charge in [-0.25, -0.2) is 13.2 Å². The summed E-state index contributed by atoms with van der Waals surface area (Å²) in [6.07, 6.45) is 0. The molecule has 0 unspecified atom stereocenters. The monoisotopic (exact) mass is 281 g/mol. The molecule has 2 aromatic rings. The third kappa shape index (κ3) is 3.04. The lowest BCUT2D eigenvalue weighted by Crippen LogP contribution is -2.04. The van der Waals surface area contributed by atoms with E-state index in [-0.39, 0.29) is 12.1 Å². The van der Waals surface area contributed by atoms with Crippen LogP contribution in [-0.4, -0.2) is 7.11 Å². The summed E-state index contributed by atoms with van der Waals surface area (Å²) in [6, 6.07) is 6.77. The van der Waals surface area contributed by atoms with Crippen molar-refractivity contribution >= 4 is 5.69 Å². The van der Waals surface area contributed by atoms with Gasteiger partial charge in [0.05, 0.1) is 7.11 Å². The average Bonchev–Trinajstić information content (AvgIpc) is 2.42. The molecule has 106 valence electrons. The van der Waals surface area contributed by atoms with Crippen molar-refractivity contribution in [1.82, 2.24) is 0 Å². The van der Waals surface area contributed by atoms with Crippen molar-refractivity contribution in [2.45, 2.75) is 13.5 Å². The fraction of sp³-hybridized carbons (Fsp3) is 0.200. The summed E-state index contributed by atoms with van der Waals surface area (Å²) < 4.78 is 44.5. The molecule has 0 saturated carbocycles. The van der Waals surface area contributed by atoms with Crippen LogP contribution in [0.4, 0.5) is 18.9 Å². The Hall–Kier alpha value is -2.17. The second-order valence-corrected chi connectivity index (χ2v) is 4.39. The van der Waals surface area contributed by atoms with Crippen molar-refractivity contribution in [3.63, 3.8) is 0 Å². The summed E-state index contributed by atoms with van der Waals surface area (Å²) in [7, 11) is 1.57. The first-order valence-electron chi connectivity index (χ1n) is 6.03. The number of methoxy groups -OCH3 is 1. The first kappa shape index (κ1) is 14.2. The van der Waals surface area contributed by atoms with Gasteiger partial charge in [-0.15, -0.1) is 0 Å². The molecular weight excluding hydrogens is 267 g/mol. The predicted molar refractivity (Wildman–Crippen MR) is 71.4 cm³/mol. The minimum atomic E-state index is -1.19. The molecule has 1 N–H and O–H groups in total. The van der Waals surface area contributed by atoms with Crippen LogP contribution in [0.25, 0.3) is 0 Å². The minimum absolute atomic E-state index is 0.0657. The molecular formula is C15H14F3NO. The molecule has 0 aliphatic heterocycles. The van der Waals surface area contributed by atoms with E-state index in [4.69, 9.17) is 4.74 Å². The summed E-state index contributed by atoms with van der Waals surface area (Å²) in [5.74, 6) is -2.31. The molecule has 0 aliphatic carbocycles. The molecule has 0 aliphatic rings. The Morgan fingerprint density at radius 3 is 2.35 bits per heavy atom.